The van der Waals surface area contributed by atoms with E-state index >= 15 is 0 Å². The van der Waals surface area contributed by atoms with Gasteiger partial charge in [-0.25, -0.2) is 4.79 Å². The summed E-state index contributed by atoms with van der Waals surface area (Å²) < 4.78 is 0. The molecular weight excluding hydrogens is 883 g/mol. The van der Waals surface area contributed by atoms with Gasteiger partial charge in [-0.2, -0.15) is 0 Å². The molecule has 9 amide bonds. The van der Waals surface area contributed by atoms with Crippen molar-refractivity contribution in [2.45, 2.75) is 121 Å². The molecule has 0 aromatic heterocycles. The molecule has 374 valence electrons. The van der Waals surface area contributed by atoms with Crippen LogP contribution in [-0.4, -0.2) is 167 Å². The molecule has 0 unspecified atom stereocenters. The Hall–Kier alpha value is -6.44. The third-order valence-corrected chi connectivity index (χ3v) is 10.8. The van der Waals surface area contributed by atoms with E-state index in [4.69, 9.17) is 5.73 Å². The number of phenolic OH excluding ortho intramolecular Hbond substituents is 1. The van der Waals surface area contributed by atoms with E-state index < -0.39 is 134 Å². The van der Waals surface area contributed by atoms with Gasteiger partial charge in [0.1, 0.15) is 48.0 Å². The fourth-order valence-corrected chi connectivity index (χ4v) is 6.50. The van der Waals surface area contributed by atoms with Gasteiger partial charge in [-0.05, 0) is 82.7 Å². The minimum atomic E-state index is -1.64. The number of carboxylic acid groups (broad SMARTS) is 1. The summed E-state index contributed by atoms with van der Waals surface area (Å²) in [6.45, 7) is 3.88. The van der Waals surface area contributed by atoms with Gasteiger partial charge in [-0.15, -0.1) is 0 Å². The molecule has 0 aliphatic carbocycles. The van der Waals surface area contributed by atoms with Crippen molar-refractivity contribution in [1.82, 2.24) is 53.2 Å². The Morgan fingerprint density at radius 1 is 0.672 bits per heavy atom. The standard InChI is InChI=1S/C42H67N11O14/c1-5-22(2)34(41(65)46-19-32(57)49-28(9-6-7-15-43)38(62)52-31(21-55)42(66)67)53-40(64)30(20-54)51-36(60)24(4)48-39(63)29(17-25-11-13-26(56)14-12-25)50-33(58)18-45-35(59)23(3)47-37(61)27-10-8-16-44-27/h11-14,22-24,27-31,34,44,54-56H,5-10,15-21,43H2,1-4H3,(H,45,59)(H,46,65)(H,47,61)(H,48,63)(H,49,57)(H,50,58)(H,51,60)(H,52,62)(H,53,64)(H,66,67)/t22-,23+,24-,27-,28-,29-,30-,31-,34-/m0/s1. The Balaban J connectivity index is 2.06. The van der Waals surface area contributed by atoms with Crippen molar-refractivity contribution in [1.29, 1.82) is 0 Å². The number of carbonyl (C=O) groups is 10. The molecule has 1 aliphatic rings. The lowest BCUT2D eigenvalue weighted by molar-refractivity contribution is -0.143. The summed E-state index contributed by atoms with van der Waals surface area (Å²) in [5.74, 6) is -9.31. The van der Waals surface area contributed by atoms with Crippen LogP contribution in [0.1, 0.15) is 71.8 Å². The van der Waals surface area contributed by atoms with Crippen molar-refractivity contribution in [3.63, 3.8) is 0 Å². The van der Waals surface area contributed by atoms with Gasteiger partial charge in [0.2, 0.25) is 53.2 Å². The van der Waals surface area contributed by atoms with E-state index in [0.717, 1.165) is 6.42 Å². The van der Waals surface area contributed by atoms with Gasteiger partial charge >= 0.3 is 5.97 Å². The fourth-order valence-electron chi connectivity index (χ4n) is 6.50. The number of benzene rings is 1. The van der Waals surface area contributed by atoms with Crippen LogP contribution in [0.3, 0.4) is 0 Å². The van der Waals surface area contributed by atoms with E-state index in [-0.39, 0.29) is 31.0 Å². The lowest BCUT2D eigenvalue weighted by atomic mass is 9.98. The molecule has 0 bridgehead atoms. The van der Waals surface area contributed by atoms with Crippen LogP contribution in [0.15, 0.2) is 24.3 Å². The summed E-state index contributed by atoms with van der Waals surface area (Å²) in [5, 5.41) is 63.0. The third kappa shape index (κ3) is 19.9. The molecule has 9 atom stereocenters. The molecule has 1 aromatic rings. The summed E-state index contributed by atoms with van der Waals surface area (Å²) in [6.07, 6.45) is 2.55. The van der Waals surface area contributed by atoms with Crippen LogP contribution >= 0.6 is 0 Å². The number of carboxylic acids is 1. The number of phenols is 1. The minimum Gasteiger partial charge on any atom is -0.508 e. The predicted molar refractivity (Wildman–Crippen MR) is 238 cm³/mol. The van der Waals surface area contributed by atoms with E-state index in [0.29, 0.717) is 37.8 Å². The van der Waals surface area contributed by atoms with Crippen molar-refractivity contribution in [3.8, 4) is 5.75 Å². The summed E-state index contributed by atoms with van der Waals surface area (Å²) in [7, 11) is 0. The van der Waals surface area contributed by atoms with Crippen molar-refractivity contribution < 1.29 is 68.4 Å². The number of aromatic hydroxyl groups is 1. The quantitative estimate of drug-likeness (QED) is 0.0333. The number of rotatable bonds is 29. The molecule has 1 fully saturated rings. The maximum atomic E-state index is 13.6. The van der Waals surface area contributed by atoms with E-state index in [1.54, 1.807) is 13.8 Å². The van der Waals surface area contributed by atoms with Gasteiger partial charge < -0.3 is 79.3 Å². The molecule has 1 heterocycles. The van der Waals surface area contributed by atoms with Crippen molar-refractivity contribution in [2.75, 3.05) is 39.4 Å². The van der Waals surface area contributed by atoms with Crippen molar-refractivity contribution >= 4 is 59.1 Å². The summed E-state index contributed by atoms with van der Waals surface area (Å²) in [5.41, 5.74) is 6.02. The number of unbranched alkanes of at least 4 members (excludes halogenated alkanes) is 1. The van der Waals surface area contributed by atoms with Gasteiger partial charge in [0.25, 0.3) is 0 Å². The fraction of sp³-hybridized carbons (Fsp3) is 0.619. The number of nitrogens with one attached hydrogen (secondary N) is 10. The molecule has 1 aliphatic heterocycles. The number of hydrogen-bond acceptors (Lipinski definition) is 15. The number of aliphatic hydroxyl groups is 2. The number of carbonyl (C=O) groups excluding carboxylic acids is 9. The van der Waals surface area contributed by atoms with Crippen molar-refractivity contribution in [2.24, 2.45) is 11.7 Å². The zero-order chi connectivity index (χ0) is 50.2. The van der Waals surface area contributed by atoms with Crippen LogP contribution in [0.4, 0.5) is 0 Å². The molecule has 25 nitrogen and oxygen atoms in total. The summed E-state index contributed by atoms with van der Waals surface area (Å²) >= 11 is 0. The summed E-state index contributed by atoms with van der Waals surface area (Å²) in [6, 6.07) is -4.22. The molecule has 25 heteroatoms. The minimum absolute atomic E-state index is 0.0581. The predicted octanol–water partition coefficient (Wildman–Crippen LogP) is -5.40. The molecule has 0 spiro atoms. The Bertz CT molecular complexity index is 1860. The second-order valence-corrected chi connectivity index (χ2v) is 16.1. The molecule has 2 rings (SSSR count). The molecule has 1 saturated heterocycles. The third-order valence-electron chi connectivity index (χ3n) is 10.8. The second kappa shape index (κ2) is 29.3. The van der Waals surface area contributed by atoms with Gasteiger partial charge in [0, 0.05) is 6.42 Å². The van der Waals surface area contributed by atoms with E-state index in [2.05, 4.69) is 53.2 Å². The highest BCUT2D eigenvalue weighted by molar-refractivity contribution is 5.97. The van der Waals surface area contributed by atoms with Gasteiger partial charge in [-0.1, -0.05) is 32.4 Å². The molecule has 1 aromatic carbocycles. The lowest BCUT2D eigenvalue weighted by Gasteiger charge is -2.27. The highest BCUT2D eigenvalue weighted by Gasteiger charge is 2.33. The highest BCUT2D eigenvalue weighted by atomic mass is 16.4. The smallest absolute Gasteiger partial charge is 0.328 e. The largest absolute Gasteiger partial charge is 0.508 e. The molecule has 16 N–H and O–H groups in total. The van der Waals surface area contributed by atoms with Gasteiger partial charge in [0.15, 0.2) is 0 Å². The van der Waals surface area contributed by atoms with E-state index in [9.17, 15) is 68.4 Å². The second-order valence-electron chi connectivity index (χ2n) is 16.1. The van der Waals surface area contributed by atoms with Crippen LogP contribution in [0, 0.1) is 5.92 Å². The summed E-state index contributed by atoms with van der Waals surface area (Å²) in [4.78, 5) is 129. The first-order valence-corrected chi connectivity index (χ1v) is 22.1. The Morgan fingerprint density at radius 3 is 1.78 bits per heavy atom. The van der Waals surface area contributed by atoms with E-state index in [1.165, 1.54) is 38.1 Å². The number of amides is 9. The SMILES string of the molecule is CC[C@H](C)[C@H](NC(=O)[C@H](CO)NC(=O)[C@H](C)NC(=O)[C@H](Cc1ccc(O)cc1)NC(=O)CNC(=O)[C@@H](C)NC(=O)[C@@H]1CCCN1)C(=O)NCC(=O)N[C@@H](CCCCN)C(=O)N[C@@H](CO)C(=O)O. The highest BCUT2D eigenvalue weighted by Crippen LogP contribution is 2.13. The normalized spacial score (nSPS) is 16.7. The Morgan fingerprint density at radius 2 is 1.22 bits per heavy atom. The Kier molecular flexibility index (Phi) is 24.8. The number of hydrogen-bond donors (Lipinski definition) is 15. The number of nitrogens with two attached hydrogens (primary N) is 1. The van der Waals surface area contributed by atoms with Crippen molar-refractivity contribution in [3.05, 3.63) is 29.8 Å². The van der Waals surface area contributed by atoms with Crippen LogP contribution < -0.4 is 58.9 Å². The monoisotopic (exact) mass is 949 g/mol. The Labute approximate surface area is 387 Å². The zero-order valence-corrected chi connectivity index (χ0v) is 38.1. The lowest BCUT2D eigenvalue weighted by Crippen LogP contribution is -2.60. The topological polar surface area (TPSA) is 398 Å². The number of aliphatic hydroxyl groups excluding tert-OH is 2. The average molecular weight is 950 g/mol. The van der Waals surface area contributed by atoms with Crippen LogP contribution in [-0.2, 0) is 54.4 Å². The first-order valence-electron chi connectivity index (χ1n) is 22.1. The molecule has 0 saturated carbocycles. The molecule has 0 radical (unpaired) electrons. The van der Waals surface area contributed by atoms with E-state index in [1.807, 2.05) is 0 Å². The zero-order valence-electron chi connectivity index (χ0n) is 38.1. The molecule has 67 heavy (non-hydrogen) atoms. The maximum absolute atomic E-state index is 13.6. The van der Waals surface area contributed by atoms with Crippen LogP contribution in [0.5, 0.6) is 5.75 Å². The first-order chi connectivity index (χ1) is 31.7. The van der Waals surface area contributed by atoms with Crippen LogP contribution in [0.25, 0.3) is 0 Å². The number of aliphatic carboxylic acids is 1. The van der Waals surface area contributed by atoms with Crippen LogP contribution in [0.2, 0.25) is 0 Å². The van der Waals surface area contributed by atoms with Gasteiger partial charge in [0.05, 0.1) is 32.3 Å². The maximum Gasteiger partial charge on any atom is 0.328 e. The van der Waals surface area contributed by atoms with Gasteiger partial charge in [-0.3, -0.25) is 43.2 Å². The molecular formula is C42H67N11O14. The first kappa shape index (κ1) is 56.7. The average Bonchev–Trinajstić information content (AvgIpc) is 3.85.